The topological polar surface area (TPSA) is 49.3 Å². The van der Waals surface area contributed by atoms with Crippen molar-refractivity contribution in [2.45, 2.75) is 0 Å². The lowest BCUT2D eigenvalue weighted by Crippen LogP contribution is -2.03. The molecule has 0 unspecified atom stereocenters. The summed E-state index contributed by atoms with van der Waals surface area (Å²) in [6.07, 6.45) is 0. The number of aromatic carboxylic acids is 1. The van der Waals surface area contributed by atoms with Crippen molar-refractivity contribution in [2.75, 3.05) is 5.32 Å². The van der Waals surface area contributed by atoms with Crippen LogP contribution >= 0.6 is 15.9 Å². The van der Waals surface area contributed by atoms with Crippen molar-refractivity contribution in [1.29, 1.82) is 0 Å². The van der Waals surface area contributed by atoms with Gasteiger partial charge in [-0.05, 0) is 46.3 Å². The van der Waals surface area contributed by atoms with E-state index < -0.39 is 34.7 Å². The summed E-state index contributed by atoms with van der Waals surface area (Å²) < 4.78 is 40.9. The first-order valence-corrected chi connectivity index (χ1v) is 6.12. The quantitative estimate of drug-likeness (QED) is 0.871. The molecule has 2 aromatic carbocycles. The second kappa shape index (κ2) is 5.54. The molecular weight excluding hydrogens is 339 g/mol. The van der Waals surface area contributed by atoms with Crippen LogP contribution in [0.3, 0.4) is 0 Å². The van der Waals surface area contributed by atoms with Crippen LogP contribution in [0, 0.1) is 17.5 Å². The van der Waals surface area contributed by atoms with Crippen LogP contribution in [0.2, 0.25) is 0 Å². The molecule has 0 bridgehead atoms. The smallest absolute Gasteiger partial charge is 0.335 e. The molecule has 2 aromatic rings. The summed E-state index contributed by atoms with van der Waals surface area (Å²) >= 11 is 3.11. The molecule has 2 rings (SSSR count). The van der Waals surface area contributed by atoms with Gasteiger partial charge in [0.15, 0.2) is 11.6 Å². The van der Waals surface area contributed by atoms with E-state index in [4.69, 9.17) is 5.11 Å². The molecule has 0 heterocycles. The van der Waals surface area contributed by atoms with E-state index in [2.05, 4.69) is 21.2 Å². The first-order valence-electron chi connectivity index (χ1n) is 5.33. The normalized spacial score (nSPS) is 10.4. The van der Waals surface area contributed by atoms with E-state index in [0.29, 0.717) is 16.6 Å². The van der Waals surface area contributed by atoms with Crippen LogP contribution < -0.4 is 5.32 Å². The Labute approximate surface area is 120 Å². The minimum absolute atomic E-state index is 0.117. The second-order valence-corrected chi connectivity index (χ2v) is 4.72. The molecule has 7 heteroatoms. The molecule has 3 nitrogen and oxygen atoms in total. The van der Waals surface area contributed by atoms with Crippen molar-refractivity contribution in [2.24, 2.45) is 0 Å². The molecule has 0 aliphatic carbocycles. The summed E-state index contributed by atoms with van der Waals surface area (Å²) in [5.74, 6) is -4.20. The molecule has 0 fully saturated rings. The van der Waals surface area contributed by atoms with Crippen molar-refractivity contribution >= 4 is 33.3 Å². The number of halogens is 4. The zero-order valence-corrected chi connectivity index (χ0v) is 11.3. The average Bonchev–Trinajstić information content (AvgIpc) is 2.37. The van der Waals surface area contributed by atoms with Gasteiger partial charge in [0.25, 0.3) is 0 Å². The molecule has 0 aliphatic rings. The third-order valence-corrected chi connectivity index (χ3v) is 3.17. The van der Waals surface area contributed by atoms with Crippen LogP contribution in [0.25, 0.3) is 0 Å². The number of carboxylic acid groups (broad SMARTS) is 1. The number of anilines is 2. The molecule has 0 amide bonds. The number of rotatable bonds is 3. The summed E-state index contributed by atoms with van der Waals surface area (Å²) in [7, 11) is 0. The van der Waals surface area contributed by atoms with E-state index in [9.17, 15) is 18.0 Å². The molecule has 0 saturated heterocycles. The van der Waals surface area contributed by atoms with Gasteiger partial charge < -0.3 is 10.4 Å². The Balaban J connectivity index is 2.44. The van der Waals surface area contributed by atoms with Gasteiger partial charge in [-0.1, -0.05) is 0 Å². The number of carboxylic acids is 1. The standard InChI is InChI=1S/C13H7BrF3NO2/c14-8-2-1-7(15)5-11(8)18-12-9(16)3-6(13(19)20)4-10(12)17/h1-5,18H,(H,19,20). The van der Waals surface area contributed by atoms with Crippen LogP contribution in [-0.4, -0.2) is 11.1 Å². The fourth-order valence-electron chi connectivity index (χ4n) is 1.54. The Bertz CT molecular complexity index is 668. The summed E-state index contributed by atoms with van der Waals surface area (Å²) in [5, 5.41) is 11.1. The minimum Gasteiger partial charge on any atom is -0.478 e. The van der Waals surface area contributed by atoms with Crippen molar-refractivity contribution < 1.29 is 23.1 Å². The van der Waals surface area contributed by atoms with Crippen LogP contribution in [-0.2, 0) is 0 Å². The number of hydrogen-bond donors (Lipinski definition) is 2. The van der Waals surface area contributed by atoms with E-state index in [1.54, 1.807) is 0 Å². The highest BCUT2D eigenvalue weighted by molar-refractivity contribution is 9.10. The van der Waals surface area contributed by atoms with E-state index in [-0.39, 0.29) is 5.69 Å². The molecule has 20 heavy (non-hydrogen) atoms. The van der Waals surface area contributed by atoms with Gasteiger partial charge in [-0.15, -0.1) is 0 Å². The van der Waals surface area contributed by atoms with E-state index >= 15 is 0 Å². The Morgan fingerprint density at radius 2 is 1.70 bits per heavy atom. The van der Waals surface area contributed by atoms with Gasteiger partial charge in [0.05, 0.1) is 11.3 Å². The van der Waals surface area contributed by atoms with E-state index in [0.717, 1.165) is 6.07 Å². The van der Waals surface area contributed by atoms with Gasteiger partial charge in [-0.3, -0.25) is 0 Å². The van der Waals surface area contributed by atoms with Crippen molar-refractivity contribution in [1.82, 2.24) is 0 Å². The molecule has 0 aromatic heterocycles. The maximum Gasteiger partial charge on any atom is 0.335 e. The van der Waals surface area contributed by atoms with Gasteiger partial charge in [0.1, 0.15) is 11.5 Å². The predicted octanol–water partition coefficient (Wildman–Crippen LogP) is 4.31. The first kappa shape index (κ1) is 14.4. The highest BCUT2D eigenvalue weighted by atomic mass is 79.9. The minimum atomic E-state index is -1.44. The van der Waals surface area contributed by atoms with Gasteiger partial charge in [0.2, 0.25) is 0 Å². The molecule has 0 atom stereocenters. The second-order valence-electron chi connectivity index (χ2n) is 3.87. The van der Waals surface area contributed by atoms with E-state index in [1.165, 1.54) is 12.1 Å². The summed E-state index contributed by atoms with van der Waals surface area (Å²) in [6.45, 7) is 0. The fraction of sp³-hybridized carbons (Fsp3) is 0. The maximum absolute atomic E-state index is 13.7. The van der Waals surface area contributed by atoms with Gasteiger partial charge in [-0.2, -0.15) is 0 Å². The molecular formula is C13H7BrF3NO2. The SMILES string of the molecule is O=C(O)c1cc(F)c(Nc2cc(F)ccc2Br)c(F)c1. The zero-order valence-electron chi connectivity index (χ0n) is 9.75. The first-order chi connectivity index (χ1) is 9.38. The molecule has 0 aliphatic heterocycles. The average molecular weight is 346 g/mol. The van der Waals surface area contributed by atoms with Crippen LogP contribution in [0.4, 0.5) is 24.5 Å². The van der Waals surface area contributed by atoms with Gasteiger partial charge >= 0.3 is 5.97 Å². The maximum atomic E-state index is 13.7. The van der Waals surface area contributed by atoms with Gasteiger partial charge in [-0.25, -0.2) is 18.0 Å². The lowest BCUT2D eigenvalue weighted by Gasteiger charge is -2.11. The Morgan fingerprint density at radius 1 is 1.10 bits per heavy atom. The molecule has 0 saturated carbocycles. The lowest BCUT2D eigenvalue weighted by atomic mass is 10.1. The fourth-order valence-corrected chi connectivity index (χ4v) is 1.89. The summed E-state index contributed by atoms with van der Waals surface area (Å²) in [5.41, 5.74) is -0.948. The Hall–Kier alpha value is -2.02. The highest BCUT2D eigenvalue weighted by Gasteiger charge is 2.15. The lowest BCUT2D eigenvalue weighted by molar-refractivity contribution is 0.0696. The monoisotopic (exact) mass is 345 g/mol. The van der Waals surface area contributed by atoms with Crippen LogP contribution in [0.15, 0.2) is 34.8 Å². The van der Waals surface area contributed by atoms with Crippen molar-refractivity contribution in [3.63, 3.8) is 0 Å². The van der Waals surface area contributed by atoms with Crippen LogP contribution in [0.1, 0.15) is 10.4 Å². The Kier molecular flexibility index (Phi) is 3.99. The summed E-state index contributed by atoms with van der Waals surface area (Å²) in [6, 6.07) is 4.96. The zero-order chi connectivity index (χ0) is 14.9. The third kappa shape index (κ3) is 2.93. The Morgan fingerprint density at radius 3 is 2.25 bits per heavy atom. The van der Waals surface area contributed by atoms with Gasteiger partial charge in [0, 0.05) is 4.47 Å². The molecule has 0 spiro atoms. The van der Waals surface area contributed by atoms with Crippen LogP contribution in [0.5, 0.6) is 0 Å². The molecule has 0 radical (unpaired) electrons. The van der Waals surface area contributed by atoms with Crippen molar-refractivity contribution in [3.8, 4) is 0 Å². The number of nitrogens with one attached hydrogen (secondary N) is 1. The highest BCUT2D eigenvalue weighted by Crippen LogP contribution is 2.30. The predicted molar refractivity (Wildman–Crippen MR) is 70.7 cm³/mol. The summed E-state index contributed by atoms with van der Waals surface area (Å²) in [4.78, 5) is 10.7. The largest absolute Gasteiger partial charge is 0.478 e. The number of hydrogen-bond acceptors (Lipinski definition) is 2. The van der Waals surface area contributed by atoms with E-state index in [1.807, 2.05) is 0 Å². The molecule has 104 valence electrons. The number of carbonyl (C=O) groups is 1. The third-order valence-electron chi connectivity index (χ3n) is 2.48. The van der Waals surface area contributed by atoms with Crippen molar-refractivity contribution in [3.05, 3.63) is 57.8 Å². The number of benzene rings is 2. The molecule has 2 N–H and O–H groups in total.